The van der Waals surface area contributed by atoms with E-state index in [9.17, 15) is 5.26 Å². The zero-order chi connectivity index (χ0) is 13.8. The third kappa shape index (κ3) is 3.58. The standard InChI is InChI=1S/C16H24N2S/c1-12(2)18(11-15-5-4-8-19-15)16-9-13(3)6-7-14(16)10-17/h4-5,8,12-14,16H,6-7,9,11H2,1-3H3. The highest BCUT2D eigenvalue weighted by Crippen LogP contribution is 2.34. The van der Waals surface area contributed by atoms with E-state index in [0.29, 0.717) is 12.1 Å². The number of thiophene rings is 1. The van der Waals surface area contributed by atoms with Gasteiger partial charge in [0, 0.05) is 23.5 Å². The molecule has 0 bridgehead atoms. The van der Waals surface area contributed by atoms with Gasteiger partial charge in [-0.05, 0) is 50.5 Å². The Bertz CT molecular complexity index is 418. The van der Waals surface area contributed by atoms with Crippen molar-refractivity contribution in [2.75, 3.05) is 0 Å². The third-order valence-electron chi connectivity index (χ3n) is 4.25. The monoisotopic (exact) mass is 276 g/mol. The lowest BCUT2D eigenvalue weighted by Crippen LogP contribution is -2.46. The van der Waals surface area contributed by atoms with Crippen LogP contribution in [0.15, 0.2) is 17.5 Å². The van der Waals surface area contributed by atoms with E-state index in [1.807, 2.05) is 11.3 Å². The highest BCUT2D eigenvalue weighted by molar-refractivity contribution is 7.09. The molecule has 2 nitrogen and oxygen atoms in total. The summed E-state index contributed by atoms with van der Waals surface area (Å²) < 4.78 is 0. The zero-order valence-corrected chi connectivity index (χ0v) is 13.0. The minimum absolute atomic E-state index is 0.207. The largest absolute Gasteiger partial charge is 0.292 e. The molecule has 1 aromatic heterocycles. The first-order chi connectivity index (χ1) is 9.11. The van der Waals surface area contributed by atoms with E-state index in [-0.39, 0.29) is 5.92 Å². The van der Waals surface area contributed by atoms with Crippen molar-refractivity contribution in [3.05, 3.63) is 22.4 Å². The van der Waals surface area contributed by atoms with E-state index in [4.69, 9.17) is 0 Å². The van der Waals surface area contributed by atoms with E-state index in [2.05, 4.69) is 49.3 Å². The van der Waals surface area contributed by atoms with Crippen molar-refractivity contribution in [2.45, 2.75) is 58.7 Å². The summed E-state index contributed by atoms with van der Waals surface area (Å²) in [6.07, 6.45) is 3.44. The Labute approximate surface area is 121 Å². The third-order valence-corrected chi connectivity index (χ3v) is 5.11. The van der Waals surface area contributed by atoms with Crippen LogP contribution in [-0.4, -0.2) is 17.0 Å². The van der Waals surface area contributed by atoms with Crippen LogP contribution in [0.2, 0.25) is 0 Å². The zero-order valence-electron chi connectivity index (χ0n) is 12.2. The fourth-order valence-electron chi connectivity index (χ4n) is 3.13. The number of hydrogen-bond acceptors (Lipinski definition) is 3. The van der Waals surface area contributed by atoms with Gasteiger partial charge in [0.25, 0.3) is 0 Å². The fourth-order valence-corrected chi connectivity index (χ4v) is 3.85. The molecule has 0 radical (unpaired) electrons. The highest BCUT2D eigenvalue weighted by Gasteiger charge is 2.34. The van der Waals surface area contributed by atoms with Gasteiger partial charge in [-0.15, -0.1) is 11.3 Å². The van der Waals surface area contributed by atoms with Crippen LogP contribution in [0.5, 0.6) is 0 Å². The molecule has 1 fully saturated rings. The molecule has 3 unspecified atom stereocenters. The summed E-state index contributed by atoms with van der Waals surface area (Å²) in [7, 11) is 0. The van der Waals surface area contributed by atoms with Crippen molar-refractivity contribution in [3.8, 4) is 6.07 Å². The van der Waals surface area contributed by atoms with Gasteiger partial charge in [-0.3, -0.25) is 4.90 Å². The summed E-state index contributed by atoms with van der Waals surface area (Å²) in [5, 5.41) is 11.6. The minimum atomic E-state index is 0.207. The molecule has 3 heteroatoms. The van der Waals surface area contributed by atoms with Crippen molar-refractivity contribution < 1.29 is 0 Å². The van der Waals surface area contributed by atoms with Crippen LogP contribution >= 0.6 is 11.3 Å². The van der Waals surface area contributed by atoms with Crippen molar-refractivity contribution in [1.29, 1.82) is 5.26 Å². The quantitative estimate of drug-likeness (QED) is 0.820. The molecule has 3 atom stereocenters. The molecule has 104 valence electrons. The van der Waals surface area contributed by atoms with Gasteiger partial charge in [0.05, 0.1) is 12.0 Å². The van der Waals surface area contributed by atoms with Gasteiger partial charge in [-0.25, -0.2) is 0 Å². The van der Waals surface area contributed by atoms with Crippen molar-refractivity contribution in [3.63, 3.8) is 0 Å². The van der Waals surface area contributed by atoms with Crippen LogP contribution in [0, 0.1) is 23.2 Å². The molecule has 0 aromatic carbocycles. The van der Waals surface area contributed by atoms with Crippen LogP contribution in [-0.2, 0) is 6.54 Å². The van der Waals surface area contributed by atoms with Gasteiger partial charge in [-0.2, -0.15) is 5.26 Å². The summed E-state index contributed by atoms with van der Waals surface area (Å²) in [5.41, 5.74) is 0. The van der Waals surface area contributed by atoms with Crippen LogP contribution in [0.3, 0.4) is 0 Å². The number of nitrogens with zero attached hydrogens (tertiary/aromatic N) is 2. The first kappa shape index (κ1) is 14.6. The summed E-state index contributed by atoms with van der Waals surface area (Å²) in [6, 6.07) is 7.79. The van der Waals surface area contributed by atoms with Crippen molar-refractivity contribution in [2.24, 2.45) is 11.8 Å². The number of rotatable bonds is 4. The molecule has 1 aliphatic rings. The SMILES string of the molecule is CC1CCC(C#N)C(N(Cc2cccs2)C(C)C)C1. The molecular formula is C16H24N2S. The van der Waals surface area contributed by atoms with E-state index in [0.717, 1.165) is 18.9 Å². The first-order valence-electron chi connectivity index (χ1n) is 7.29. The molecule has 1 aromatic rings. The summed E-state index contributed by atoms with van der Waals surface area (Å²) >= 11 is 1.82. The van der Waals surface area contributed by atoms with Gasteiger partial charge < -0.3 is 0 Å². The first-order valence-corrected chi connectivity index (χ1v) is 8.17. The van der Waals surface area contributed by atoms with Crippen molar-refractivity contribution in [1.82, 2.24) is 4.90 Å². The average molecular weight is 276 g/mol. The summed E-state index contributed by atoms with van der Waals surface area (Å²) in [6.45, 7) is 7.82. The van der Waals surface area contributed by atoms with Gasteiger partial charge in [0.15, 0.2) is 0 Å². The molecule has 1 aliphatic carbocycles. The second-order valence-electron chi connectivity index (χ2n) is 6.07. The maximum Gasteiger partial charge on any atom is 0.0672 e. The van der Waals surface area contributed by atoms with Gasteiger partial charge in [-0.1, -0.05) is 13.0 Å². The molecular weight excluding hydrogens is 252 g/mol. The lowest BCUT2D eigenvalue weighted by molar-refractivity contribution is 0.0716. The highest BCUT2D eigenvalue weighted by atomic mass is 32.1. The molecule has 0 N–H and O–H groups in total. The van der Waals surface area contributed by atoms with E-state index in [1.165, 1.54) is 17.7 Å². The Morgan fingerprint density at radius 2 is 2.26 bits per heavy atom. The maximum absolute atomic E-state index is 9.43. The van der Waals surface area contributed by atoms with E-state index < -0.39 is 0 Å². The number of nitriles is 1. The van der Waals surface area contributed by atoms with Crippen molar-refractivity contribution >= 4 is 11.3 Å². The summed E-state index contributed by atoms with van der Waals surface area (Å²) in [4.78, 5) is 3.94. The molecule has 0 aliphatic heterocycles. The smallest absolute Gasteiger partial charge is 0.0672 e. The predicted molar refractivity (Wildman–Crippen MR) is 80.9 cm³/mol. The second-order valence-corrected chi connectivity index (χ2v) is 7.10. The van der Waals surface area contributed by atoms with Gasteiger partial charge >= 0.3 is 0 Å². The lowest BCUT2D eigenvalue weighted by atomic mass is 9.78. The summed E-state index contributed by atoms with van der Waals surface area (Å²) in [5.74, 6) is 0.956. The van der Waals surface area contributed by atoms with Gasteiger partial charge in [0.1, 0.15) is 0 Å². The average Bonchev–Trinajstić information content (AvgIpc) is 2.88. The molecule has 0 amide bonds. The van der Waals surface area contributed by atoms with Gasteiger partial charge in [0.2, 0.25) is 0 Å². The molecule has 0 spiro atoms. The lowest BCUT2D eigenvalue weighted by Gasteiger charge is -2.41. The Morgan fingerprint density at radius 3 is 2.84 bits per heavy atom. The van der Waals surface area contributed by atoms with Crippen LogP contribution in [0.25, 0.3) is 0 Å². The number of hydrogen-bond donors (Lipinski definition) is 0. The Balaban J connectivity index is 2.14. The topological polar surface area (TPSA) is 27.0 Å². The van der Waals surface area contributed by atoms with Crippen LogP contribution < -0.4 is 0 Å². The molecule has 2 rings (SSSR count). The Hall–Kier alpha value is -0.850. The predicted octanol–water partition coefficient (Wildman–Crippen LogP) is 4.29. The minimum Gasteiger partial charge on any atom is -0.292 e. The van der Waals surface area contributed by atoms with E-state index >= 15 is 0 Å². The maximum atomic E-state index is 9.43. The molecule has 0 saturated heterocycles. The van der Waals surface area contributed by atoms with Crippen LogP contribution in [0.4, 0.5) is 0 Å². The molecule has 1 saturated carbocycles. The normalized spacial score (nSPS) is 27.7. The molecule has 1 heterocycles. The Kier molecular flexibility index (Phi) is 5.01. The van der Waals surface area contributed by atoms with E-state index in [1.54, 1.807) is 0 Å². The molecule has 19 heavy (non-hydrogen) atoms. The second kappa shape index (κ2) is 6.54. The fraction of sp³-hybridized carbons (Fsp3) is 0.688. The van der Waals surface area contributed by atoms with Crippen LogP contribution in [0.1, 0.15) is 44.9 Å². The Morgan fingerprint density at radius 1 is 1.47 bits per heavy atom.